The first-order valence-corrected chi connectivity index (χ1v) is 8.09. The van der Waals surface area contributed by atoms with Crippen molar-refractivity contribution >= 4 is 23.2 Å². The zero-order valence-electron chi connectivity index (χ0n) is 14.9. The number of carbonyl (C=O) groups excluding carboxylic acids is 2. The minimum absolute atomic E-state index is 0.158. The van der Waals surface area contributed by atoms with Crippen molar-refractivity contribution in [1.29, 1.82) is 0 Å². The molecule has 0 atom stereocenters. The van der Waals surface area contributed by atoms with Crippen LogP contribution in [0.15, 0.2) is 36.4 Å². The average molecular weight is 382 g/mol. The van der Waals surface area contributed by atoms with Crippen molar-refractivity contribution in [2.75, 3.05) is 10.6 Å². The van der Waals surface area contributed by atoms with Crippen molar-refractivity contribution in [3.63, 3.8) is 0 Å². The molecule has 0 aliphatic carbocycles. The SMILES string of the molecule is Cc1cccc(NC(=O)c2cc(C(F)(F)F)ccc2F)c1NC(=O)C(C)C. The molecule has 2 aromatic rings. The van der Waals surface area contributed by atoms with E-state index in [2.05, 4.69) is 10.6 Å². The van der Waals surface area contributed by atoms with Crippen molar-refractivity contribution < 1.29 is 27.2 Å². The molecule has 0 aliphatic heterocycles. The second-order valence-corrected chi connectivity index (χ2v) is 6.29. The maximum atomic E-state index is 13.9. The number of para-hydroxylation sites is 1. The molecule has 0 heterocycles. The highest BCUT2D eigenvalue weighted by Gasteiger charge is 2.32. The van der Waals surface area contributed by atoms with Crippen molar-refractivity contribution in [2.24, 2.45) is 5.92 Å². The normalized spacial score (nSPS) is 11.4. The van der Waals surface area contributed by atoms with Crippen LogP contribution in [0, 0.1) is 18.7 Å². The number of benzene rings is 2. The molecule has 0 bridgehead atoms. The third-order valence-corrected chi connectivity index (χ3v) is 3.83. The number of hydrogen-bond donors (Lipinski definition) is 2. The van der Waals surface area contributed by atoms with Gasteiger partial charge >= 0.3 is 6.18 Å². The number of amides is 2. The van der Waals surface area contributed by atoms with Gasteiger partial charge in [0.25, 0.3) is 5.91 Å². The Hall–Kier alpha value is -2.90. The van der Waals surface area contributed by atoms with Gasteiger partial charge < -0.3 is 10.6 Å². The standard InChI is InChI=1S/C19H18F4N2O2/c1-10(2)17(26)25-16-11(3)5-4-6-15(16)24-18(27)13-9-12(19(21,22)23)7-8-14(13)20/h4-10H,1-3H3,(H,24,27)(H,25,26). The Labute approximate surface area is 153 Å². The number of nitrogens with one attached hydrogen (secondary N) is 2. The monoisotopic (exact) mass is 382 g/mol. The van der Waals surface area contributed by atoms with Gasteiger partial charge in [0.1, 0.15) is 5.82 Å². The summed E-state index contributed by atoms with van der Waals surface area (Å²) in [6, 6.07) is 6.36. The van der Waals surface area contributed by atoms with Gasteiger partial charge in [-0.3, -0.25) is 9.59 Å². The summed E-state index contributed by atoms with van der Waals surface area (Å²) in [7, 11) is 0. The number of aryl methyl sites for hydroxylation is 1. The molecule has 0 saturated carbocycles. The molecular formula is C19H18F4N2O2. The van der Waals surface area contributed by atoms with Crippen LogP contribution in [0.3, 0.4) is 0 Å². The molecule has 2 amide bonds. The number of hydrogen-bond acceptors (Lipinski definition) is 2. The van der Waals surface area contributed by atoms with Crippen molar-refractivity contribution in [3.8, 4) is 0 Å². The van der Waals surface area contributed by atoms with Crippen LogP contribution < -0.4 is 10.6 Å². The van der Waals surface area contributed by atoms with Crippen LogP contribution in [0.4, 0.5) is 28.9 Å². The Kier molecular flexibility index (Phi) is 5.88. The van der Waals surface area contributed by atoms with E-state index < -0.39 is 29.0 Å². The maximum Gasteiger partial charge on any atom is 0.416 e. The number of alkyl halides is 3. The molecule has 0 aromatic heterocycles. The van der Waals surface area contributed by atoms with E-state index in [0.29, 0.717) is 29.4 Å². The summed E-state index contributed by atoms with van der Waals surface area (Å²) >= 11 is 0. The van der Waals surface area contributed by atoms with Gasteiger partial charge in [-0.15, -0.1) is 0 Å². The minimum atomic E-state index is -4.71. The number of halogens is 4. The van der Waals surface area contributed by atoms with Crippen LogP contribution >= 0.6 is 0 Å². The fourth-order valence-corrected chi connectivity index (χ4v) is 2.27. The quantitative estimate of drug-likeness (QED) is 0.731. The van der Waals surface area contributed by atoms with Crippen molar-refractivity contribution in [3.05, 3.63) is 58.9 Å². The first kappa shape index (κ1) is 20.4. The first-order valence-electron chi connectivity index (χ1n) is 8.09. The smallest absolute Gasteiger partial charge is 0.324 e. The van der Waals surface area contributed by atoms with Crippen LogP contribution in [0.25, 0.3) is 0 Å². The topological polar surface area (TPSA) is 58.2 Å². The lowest BCUT2D eigenvalue weighted by Crippen LogP contribution is -2.21. The summed E-state index contributed by atoms with van der Waals surface area (Å²) in [5, 5.41) is 5.03. The summed E-state index contributed by atoms with van der Waals surface area (Å²) in [5.41, 5.74) is -0.784. The molecule has 2 N–H and O–H groups in total. The van der Waals surface area contributed by atoms with E-state index in [4.69, 9.17) is 0 Å². The number of rotatable bonds is 4. The van der Waals surface area contributed by atoms with Crippen LogP contribution in [0.5, 0.6) is 0 Å². The molecule has 2 aromatic carbocycles. The van der Waals surface area contributed by atoms with Crippen LogP contribution in [-0.4, -0.2) is 11.8 Å². The molecule has 0 radical (unpaired) electrons. The highest BCUT2D eigenvalue weighted by molar-refractivity contribution is 6.08. The highest BCUT2D eigenvalue weighted by atomic mass is 19.4. The predicted octanol–water partition coefficient (Wildman–Crippen LogP) is 5.00. The molecule has 0 spiro atoms. The van der Waals surface area contributed by atoms with E-state index in [0.717, 1.165) is 0 Å². The summed E-state index contributed by atoms with van der Waals surface area (Å²) in [6.07, 6.45) is -4.71. The average Bonchev–Trinajstić information content (AvgIpc) is 2.56. The van der Waals surface area contributed by atoms with E-state index in [1.165, 1.54) is 6.07 Å². The minimum Gasteiger partial charge on any atom is -0.324 e. The lowest BCUT2D eigenvalue weighted by atomic mass is 10.1. The third-order valence-electron chi connectivity index (χ3n) is 3.83. The molecular weight excluding hydrogens is 364 g/mol. The van der Waals surface area contributed by atoms with Gasteiger partial charge in [0.15, 0.2) is 0 Å². The van der Waals surface area contributed by atoms with E-state index in [-0.39, 0.29) is 17.5 Å². The Morgan fingerprint density at radius 1 is 1.04 bits per heavy atom. The third kappa shape index (κ3) is 4.84. The van der Waals surface area contributed by atoms with Gasteiger partial charge in [0.2, 0.25) is 5.91 Å². The van der Waals surface area contributed by atoms with Crippen LogP contribution in [0.1, 0.15) is 35.3 Å². The Bertz CT molecular complexity index is 876. The van der Waals surface area contributed by atoms with E-state index in [1.54, 1.807) is 32.9 Å². The lowest BCUT2D eigenvalue weighted by Gasteiger charge is -2.16. The van der Waals surface area contributed by atoms with Gasteiger partial charge in [-0.25, -0.2) is 4.39 Å². The van der Waals surface area contributed by atoms with Gasteiger partial charge in [-0.05, 0) is 36.8 Å². The van der Waals surface area contributed by atoms with E-state index in [1.807, 2.05) is 0 Å². The predicted molar refractivity (Wildman–Crippen MR) is 94.0 cm³/mol. The molecule has 0 saturated heterocycles. The van der Waals surface area contributed by atoms with E-state index in [9.17, 15) is 27.2 Å². The molecule has 0 unspecified atom stereocenters. The molecule has 0 aliphatic rings. The van der Waals surface area contributed by atoms with E-state index >= 15 is 0 Å². The fraction of sp³-hybridized carbons (Fsp3) is 0.263. The maximum absolute atomic E-state index is 13.9. The van der Waals surface area contributed by atoms with Crippen molar-refractivity contribution in [1.82, 2.24) is 0 Å². The number of anilines is 2. The second kappa shape index (κ2) is 7.77. The molecule has 2 rings (SSSR count). The van der Waals surface area contributed by atoms with Gasteiger partial charge in [0, 0.05) is 5.92 Å². The molecule has 4 nitrogen and oxygen atoms in total. The summed E-state index contributed by atoms with van der Waals surface area (Å²) in [6.45, 7) is 5.06. The summed E-state index contributed by atoms with van der Waals surface area (Å²) in [5.74, 6) is -2.76. The largest absolute Gasteiger partial charge is 0.416 e. The van der Waals surface area contributed by atoms with Crippen LogP contribution in [-0.2, 0) is 11.0 Å². The molecule has 27 heavy (non-hydrogen) atoms. The lowest BCUT2D eigenvalue weighted by molar-refractivity contribution is -0.137. The highest BCUT2D eigenvalue weighted by Crippen LogP contribution is 2.31. The zero-order valence-corrected chi connectivity index (χ0v) is 14.9. The van der Waals surface area contributed by atoms with Gasteiger partial charge in [-0.2, -0.15) is 13.2 Å². The Morgan fingerprint density at radius 3 is 2.30 bits per heavy atom. The molecule has 0 fully saturated rings. The summed E-state index contributed by atoms with van der Waals surface area (Å²) < 4.78 is 52.4. The van der Waals surface area contributed by atoms with Gasteiger partial charge in [0.05, 0.1) is 22.5 Å². The second-order valence-electron chi connectivity index (χ2n) is 6.29. The summed E-state index contributed by atoms with van der Waals surface area (Å²) in [4.78, 5) is 24.3. The first-order chi connectivity index (χ1) is 12.5. The Balaban J connectivity index is 2.37. The van der Waals surface area contributed by atoms with Crippen LogP contribution in [0.2, 0.25) is 0 Å². The Morgan fingerprint density at radius 2 is 1.70 bits per heavy atom. The fourth-order valence-electron chi connectivity index (χ4n) is 2.27. The molecule has 8 heteroatoms. The zero-order chi connectivity index (χ0) is 20.4. The number of carbonyl (C=O) groups is 2. The van der Waals surface area contributed by atoms with Crippen molar-refractivity contribution in [2.45, 2.75) is 26.9 Å². The molecule has 144 valence electrons. The van der Waals surface area contributed by atoms with Gasteiger partial charge in [-0.1, -0.05) is 26.0 Å².